The van der Waals surface area contributed by atoms with Gasteiger partial charge in [0.05, 0.1) is 18.6 Å². The van der Waals surface area contributed by atoms with Gasteiger partial charge in [-0.2, -0.15) is 0 Å². The highest BCUT2D eigenvalue weighted by molar-refractivity contribution is 8.18. The van der Waals surface area contributed by atoms with Crippen LogP contribution in [0.2, 0.25) is 0 Å². The van der Waals surface area contributed by atoms with Crippen molar-refractivity contribution in [2.75, 3.05) is 19.1 Å². The number of hydrogen-bond acceptors (Lipinski definition) is 5. The zero-order valence-electron chi connectivity index (χ0n) is 18.9. The van der Waals surface area contributed by atoms with E-state index in [0.717, 1.165) is 29.4 Å². The number of nitrogens with zero attached hydrogens (tertiary/aromatic N) is 2. The predicted octanol–water partition coefficient (Wildman–Crippen LogP) is 5.79. The summed E-state index contributed by atoms with van der Waals surface area (Å²) in [5, 5.41) is -0.336. The topological polar surface area (TPSA) is 49.9 Å². The van der Waals surface area contributed by atoms with Crippen LogP contribution in [-0.2, 0) is 11.3 Å². The van der Waals surface area contributed by atoms with E-state index in [4.69, 9.17) is 4.74 Å². The Morgan fingerprint density at radius 2 is 1.91 bits per heavy atom. The summed E-state index contributed by atoms with van der Waals surface area (Å²) in [5.74, 6) is 0.301. The van der Waals surface area contributed by atoms with E-state index in [9.17, 15) is 14.0 Å². The van der Waals surface area contributed by atoms with Gasteiger partial charge in [0.15, 0.2) is 0 Å². The van der Waals surface area contributed by atoms with E-state index >= 15 is 0 Å². The molecule has 0 aromatic heterocycles. The van der Waals surface area contributed by atoms with Crippen LogP contribution >= 0.6 is 11.8 Å². The van der Waals surface area contributed by atoms with Gasteiger partial charge in [0, 0.05) is 29.9 Å². The third kappa shape index (κ3) is 4.01. The Morgan fingerprint density at radius 3 is 2.56 bits per heavy atom. The Morgan fingerprint density at radius 1 is 1.22 bits per heavy atom. The Labute approximate surface area is 192 Å². The molecule has 0 spiro atoms. The third-order valence-electron chi connectivity index (χ3n) is 6.40. The molecule has 4 rings (SSSR count). The SMILES string of the molecule is COc1cc2c(cc1/C=C1/SC(=O)N(Cc3ccc(F)cc3)C1=O)C(C)CC(C)(C)N2C. The van der Waals surface area contributed by atoms with Gasteiger partial charge in [-0.15, -0.1) is 0 Å². The zero-order valence-corrected chi connectivity index (χ0v) is 19.8. The molecular formula is C25H27FN2O3S. The number of halogens is 1. The van der Waals surface area contributed by atoms with Gasteiger partial charge in [0.2, 0.25) is 0 Å². The number of amides is 2. The molecule has 1 atom stereocenters. The van der Waals surface area contributed by atoms with E-state index in [0.29, 0.717) is 22.1 Å². The predicted molar refractivity (Wildman–Crippen MR) is 126 cm³/mol. The first kappa shape index (κ1) is 22.4. The van der Waals surface area contributed by atoms with Crippen LogP contribution in [0.4, 0.5) is 14.9 Å². The van der Waals surface area contributed by atoms with Gasteiger partial charge in [0.25, 0.3) is 11.1 Å². The number of fused-ring (bicyclic) bond motifs is 1. The number of hydrogen-bond donors (Lipinski definition) is 0. The molecule has 32 heavy (non-hydrogen) atoms. The molecule has 0 bridgehead atoms. The minimum Gasteiger partial charge on any atom is -0.496 e. The van der Waals surface area contributed by atoms with E-state index in [2.05, 4.69) is 38.8 Å². The van der Waals surface area contributed by atoms with Crippen LogP contribution in [0.1, 0.15) is 49.8 Å². The number of carbonyl (C=O) groups excluding carboxylic acids is 2. The van der Waals surface area contributed by atoms with Gasteiger partial charge >= 0.3 is 0 Å². The molecule has 1 saturated heterocycles. The van der Waals surface area contributed by atoms with Crippen molar-refractivity contribution in [2.24, 2.45) is 0 Å². The maximum absolute atomic E-state index is 13.2. The van der Waals surface area contributed by atoms with Crippen LogP contribution in [0.25, 0.3) is 6.08 Å². The lowest BCUT2D eigenvalue weighted by Crippen LogP contribution is -2.45. The summed E-state index contributed by atoms with van der Waals surface area (Å²) in [6, 6.07) is 9.88. The number of rotatable bonds is 4. The summed E-state index contributed by atoms with van der Waals surface area (Å²) in [7, 11) is 3.70. The van der Waals surface area contributed by atoms with Crippen molar-refractivity contribution >= 4 is 34.7 Å². The Balaban J connectivity index is 1.66. The van der Waals surface area contributed by atoms with E-state index in [1.807, 2.05) is 6.07 Å². The molecule has 2 heterocycles. The molecule has 7 heteroatoms. The fourth-order valence-corrected chi connectivity index (χ4v) is 5.28. The molecule has 5 nitrogen and oxygen atoms in total. The summed E-state index contributed by atoms with van der Waals surface area (Å²) in [6.07, 6.45) is 2.75. The van der Waals surface area contributed by atoms with Crippen LogP contribution in [-0.4, -0.2) is 35.7 Å². The van der Waals surface area contributed by atoms with E-state index < -0.39 is 0 Å². The molecule has 0 aliphatic carbocycles. The fraction of sp³-hybridized carbons (Fsp3) is 0.360. The van der Waals surface area contributed by atoms with Gasteiger partial charge in [-0.3, -0.25) is 14.5 Å². The summed E-state index contributed by atoms with van der Waals surface area (Å²) >= 11 is 0.915. The third-order valence-corrected chi connectivity index (χ3v) is 7.31. The average Bonchev–Trinajstić information content (AvgIpc) is 3.00. The molecule has 2 aliphatic rings. The number of anilines is 1. The van der Waals surface area contributed by atoms with Crippen LogP contribution in [0.3, 0.4) is 0 Å². The highest BCUT2D eigenvalue weighted by Crippen LogP contribution is 2.46. The molecule has 2 amide bonds. The number of ether oxygens (including phenoxy) is 1. The summed E-state index contributed by atoms with van der Waals surface area (Å²) in [6.45, 7) is 6.77. The van der Waals surface area contributed by atoms with Crippen molar-refractivity contribution in [1.82, 2.24) is 4.90 Å². The Bertz CT molecular complexity index is 1110. The molecule has 1 fully saturated rings. The van der Waals surface area contributed by atoms with Crippen LogP contribution < -0.4 is 9.64 Å². The fourth-order valence-electron chi connectivity index (χ4n) is 4.45. The first-order valence-corrected chi connectivity index (χ1v) is 11.4. The quantitative estimate of drug-likeness (QED) is 0.547. The molecule has 1 unspecified atom stereocenters. The second kappa shape index (κ2) is 8.28. The lowest BCUT2D eigenvalue weighted by Gasteiger charge is -2.45. The number of benzene rings is 2. The van der Waals surface area contributed by atoms with Gasteiger partial charge in [-0.25, -0.2) is 4.39 Å². The second-order valence-corrected chi connectivity index (χ2v) is 10.0. The summed E-state index contributed by atoms with van der Waals surface area (Å²) < 4.78 is 18.8. The number of methoxy groups -OCH3 is 1. The highest BCUT2D eigenvalue weighted by atomic mass is 32.2. The number of carbonyl (C=O) groups is 2. The normalized spacial score (nSPS) is 21.3. The average molecular weight is 455 g/mol. The maximum Gasteiger partial charge on any atom is 0.293 e. The molecule has 168 valence electrons. The van der Waals surface area contributed by atoms with Crippen molar-refractivity contribution in [3.63, 3.8) is 0 Å². The molecule has 2 aliphatic heterocycles. The molecule has 0 N–H and O–H groups in total. The van der Waals surface area contributed by atoms with Crippen LogP contribution in [0, 0.1) is 5.82 Å². The van der Waals surface area contributed by atoms with Crippen molar-refractivity contribution in [3.8, 4) is 5.75 Å². The van der Waals surface area contributed by atoms with E-state index in [-0.39, 0.29) is 29.0 Å². The van der Waals surface area contributed by atoms with E-state index in [1.54, 1.807) is 25.3 Å². The monoisotopic (exact) mass is 454 g/mol. The van der Waals surface area contributed by atoms with Crippen molar-refractivity contribution in [3.05, 3.63) is 63.8 Å². The standard InChI is InChI=1S/C25H27FN2O3S/c1-15-13-25(2,3)27(4)20-12-21(31-5)17(10-19(15)20)11-22-23(29)28(24(30)32-22)14-16-6-8-18(26)9-7-16/h6-12,15H,13-14H2,1-5H3/b22-11+. The Kier molecular flexibility index (Phi) is 5.79. The second-order valence-electron chi connectivity index (χ2n) is 9.02. The molecule has 0 saturated carbocycles. The summed E-state index contributed by atoms with van der Waals surface area (Å²) in [5.41, 5.74) is 3.82. The Hall–Kier alpha value is -2.80. The molecule has 2 aromatic carbocycles. The van der Waals surface area contributed by atoms with Gasteiger partial charge in [0.1, 0.15) is 11.6 Å². The van der Waals surface area contributed by atoms with Crippen LogP contribution in [0.15, 0.2) is 41.3 Å². The molecule has 0 radical (unpaired) electrons. The minimum atomic E-state index is -0.356. The van der Waals surface area contributed by atoms with Crippen molar-refractivity contribution in [1.29, 1.82) is 0 Å². The van der Waals surface area contributed by atoms with Gasteiger partial charge in [-0.05, 0) is 73.4 Å². The van der Waals surface area contributed by atoms with E-state index in [1.165, 1.54) is 22.6 Å². The largest absolute Gasteiger partial charge is 0.496 e. The first-order chi connectivity index (χ1) is 15.1. The minimum absolute atomic E-state index is 0.0297. The van der Waals surface area contributed by atoms with Gasteiger partial charge < -0.3 is 9.64 Å². The maximum atomic E-state index is 13.2. The van der Waals surface area contributed by atoms with Gasteiger partial charge in [-0.1, -0.05) is 19.1 Å². The lowest BCUT2D eigenvalue weighted by molar-refractivity contribution is -0.123. The number of thioether (sulfide) groups is 1. The van der Waals surface area contributed by atoms with Crippen molar-refractivity contribution < 1.29 is 18.7 Å². The zero-order chi connectivity index (χ0) is 23.2. The molecule has 2 aromatic rings. The lowest BCUT2D eigenvalue weighted by atomic mass is 9.80. The van der Waals surface area contributed by atoms with Crippen molar-refractivity contribution in [2.45, 2.75) is 45.2 Å². The smallest absolute Gasteiger partial charge is 0.293 e. The number of imide groups is 1. The first-order valence-electron chi connectivity index (χ1n) is 10.6. The summed E-state index contributed by atoms with van der Waals surface area (Å²) in [4.78, 5) is 29.3. The van der Waals surface area contributed by atoms with Crippen LogP contribution in [0.5, 0.6) is 5.75 Å². The molecular weight excluding hydrogens is 427 g/mol. The highest BCUT2D eigenvalue weighted by Gasteiger charge is 2.37.